The van der Waals surface area contributed by atoms with Crippen LogP contribution in [0.1, 0.15) is 6.42 Å². The van der Waals surface area contributed by atoms with Crippen molar-refractivity contribution in [3.63, 3.8) is 0 Å². The summed E-state index contributed by atoms with van der Waals surface area (Å²) in [5, 5.41) is 2.72. The van der Waals surface area contributed by atoms with Gasteiger partial charge in [-0.05, 0) is 24.3 Å². The molecule has 1 fully saturated rings. The van der Waals surface area contributed by atoms with Crippen molar-refractivity contribution in [1.29, 1.82) is 0 Å². The number of carbonyl (C=O) groups is 2. The normalized spacial score (nSPS) is 16.4. The van der Waals surface area contributed by atoms with E-state index in [9.17, 15) is 18.4 Å². The highest BCUT2D eigenvalue weighted by Gasteiger charge is 2.36. The summed E-state index contributed by atoms with van der Waals surface area (Å²) in [6.45, 7) is 0.0144. The van der Waals surface area contributed by atoms with E-state index in [1.165, 1.54) is 20.3 Å². The average molecular weight is 376 g/mol. The van der Waals surface area contributed by atoms with Crippen LogP contribution in [0.4, 0.5) is 20.2 Å². The Morgan fingerprint density at radius 1 is 1.11 bits per heavy atom. The fraction of sp³-hybridized carbons (Fsp3) is 0.263. The molecule has 2 amide bonds. The number of anilines is 2. The number of hydrogen-bond donors (Lipinski definition) is 1. The van der Waals surface area contributed by atoms with Gasteiger partial charge in [0.1, 0.15) is 11.6 Å². The van der Waals surface area contributed by atoms with E-state index >= 15 is 0 Å². The summed E-state index contributed by atoms with van der Waals surface area (Å²) < 4.78 is 37.3. The highest BCUT2D eigenvalue weighted by molar-refractivity contribution is 6.03. The number of nitrogens with zero attached hydrogens (tertiary/aromatic N) is 1. The van der Waals surface area contributed by atoms with Crippen molar-refractivity contribution in [2.24, 2.45) is 5.92 Å². The van der Waals surface area contributed by atoms with Crippen LogP contribution >= 0.6 is 0 Å². The number of methoxy groups -OCH3 is 2. The van der Waals surface area contributed by atoms with Crippen molar-refractivity contribution in [2.45, 2.75) is 6.42 Å². The predicted octanol–water partition coefficient (Wildman–Crippen LogP) is 2.97. The first-order valence-electron chi connectivity index (χ1n) is 8.21. The Balaban J connectivity index is 1.72. The summed E-state index contributed by atoms with van der Waals surface area (Å²) in [5.41, 5.74) is 0.444. The van der Waals surface area contributed by atoms with Crippen molar-refractivity contribution in [3.8, 4) is 11.5 Å². The molecule has 2 aromatic carbocycles. The average Bonchev–Trinajstić information content (AvgIpc) is 3.03. The molecule has 1 N–H and O–H groups in total. The zero-order valence-corrected chi connectivity index (χ0v) is 14.8. The molecule has 1 aliphatic heterocycles. The Bertz CT molecular complexity index is 888. The maximum atomic E-state index is 13.9. The quantitative estimate of drug-likeness (QED) is 0.871. The third kappa shape index (κ3) is 3.84. The van der Waals surface area contributed by atoms with Gasteiger partial charge >= 0.3 is 0 Å². The fourth-order valence-corrected chi connectivity index (χ4v) is 2.97. The molecule has 0 radical (unpaired) electrons. The van der Waals surface area contributed by atoms with E-state index in [1.54, 1.807) is 18.2 Å². The van der Waals surface area contributed by atoms with Crippen LogP contribution in [0.5, 0.6) is 11.5 Å². The van der Waals surface area contributed by atoms with Crippen LogP contribution in [0.15, 0.2) is 36.4 Å². The molecule has 27 heavy (non-hydrogen) atoms. The SMILES string of the molecule is COc1ccc(NC(=O)C2CC(=O)N(c3ccc(F)cc3F)C2)cc1OC. The number of carbonyl (C=O) groups excluding carboxylic acids is 2. The Hall–Kier alpha value is -3.16. The van der Waals surface area contributed by atoms with Crippen LogP contribution < -0.4 is 19.7 Å². The van der Waals surface area contributed by atoms with Crippen LogP contribution in [0, 0.1) is 17.6 Å². The molecule has 3 rings (SSSR count). The molecule has 2 aromatic rings. The molecule has 1 atom stereocenters. The lowest BCUT2D eigenvalue weighted by molar-refractivity contribution is -0.122. The first-order chi connectivity index (χ1) is 12.9. The summed E-state index contributed by atoms with van der Waals surface area (Å²) in [6.07, 6.45) is -0.0596. The third-order valence-corrected chi connectivity index (χ3v) is 4.35. The third-order valence-electron chi connectivity index (χ3n) is 4.35. The molecule has 8 heteroatoms. The number of halogens is 2. The number of rotatable bonds is 5. The second-order valence-corrected chi connectivity index (χ2v) is 6.06. The zero-order chi connectivity index (χ0) is 19.6. The minimum atomic E-state index is -0.843. The van der Waals surface area contributed by atoms with Gasteiger partial charge in [0, 0.05) is 30.8 Å². The minimum absolute atomic E-state index is 0.0144. The van der Waals surface area contributed by atoms with Gasteiger partial charge in [-0.25, -0.2) is 8.78 Å². The summed E-state index contributed by atoms with van der Waals surface area (Å²) in [4.78, 5) is 25.9. The van der Waals surface area contributed by atoms with Crippen LogP contribution in [-0.2, 0) is 9.59 Å². The first-order valence-corrected chi connectivity index (χ1v) is 8.21. The number of ether oxygens (including phenoxy) is 2. The number of amides is 2. The molecule has 0 aromatic heterocycles. The van der Waals surface area contributed by atoms with Gasteiger partial charge in [0.25, 0.3) is 0 Å². The molecule has 0 saturated carbocycles. The predicted molar refractivity (Wildman–Crippen MR) is 95.0 cm³/mol. The lowest BCUT2D eigenvalue weighted by Gasteiger charge is -2.17. The van der Waals surface area contributed by atoms with Crippen LogP contribution in [-0.4, -0.2) is 32.6 Å². The van der Waals surface area contributed by atoms with Crippen LogP contribution in [0.3, 0.4) is 0 Å². The van der Waals surface area contributed by atoms with E-state index in [0.29, 0.717) is 23.3 Å². The van der Waals surface area contributed by atoms with Crippen molar-refractivity contribution >= 4 is 23.2 Å². The van der Waals surface area contributed by atoms with E-state index in [0.717, 1.165) is 11.0 Å². The number of nitrogens with one attached hydrogen (secondary N) is 1. The monoisotopic (exact) mass is 376 g/mol. The van der Waals surface area contributed by atoms with E-state index in [-0.39, 0.29) is 24.6 Å². The van der Waals surface area contributed by atoms with E-state index in [2.05, 4.69) is 5.32 Å². The zero-order valence-electron chi connectivity index (χ0n) is 14.8. The van der Waals surface area contributed by atoms with Gasteiger partial charge in [0.2, 0.25) is 11.8 Å². The Labute approximate surface area is 154 Å². The number of benzene rings is 2. The van der Waals surface area contributed by atoms with Gasteiger partial charge in [0.05, 0.1) is 25.8 Å². The summed E-state index contributed by atoms with van der Waals surface area (Å²) >= 11 is 0. The van der Waals surface area contributed by atoms with E-state index < -0.39 is 23.5 Å². The first kappa shape index (κ1) is 18.6. The second-order valence-electron chi connectivity index (χ2n) is 6.06. The molecule has 0 spiro atoms. The van der Waals surface area contributed by atoms with E-state index in [4.69, 9.17) is 9.47 Å². The van der Waals surface area contributed by atoms with Gasteiger partial charge in [-0.3, -0.25) is 9.59 Å². The minimum Gasteiger partial charge on any atom is -0.493 e. The summed E-state index contributed by atoms with van der Waals surface area (Å²) in [5.74, 6) is -2.03. The Morgan fingerprint density at radius 2 is 1.85 bits per heavy atom. The molecule has 1 saturated heterocycles. The van der Waals surface area contributed by atoms with Gasteiger partial charge < -0.3 is 19.7 Å². The Morgan fingerprint density at radius 3 is 2.52 bits per heavy atom. The van der Waals surface area contributed by atoms with Gasteiger partial charge in [-0.1, -0.05) is 0 Å². The molecule has 0 aliphatic carbocycles. The molecule has 6 nitrogen and oxygen atoms in total. The molecule has 1 unspecified atom stereocenters. The van der Waals surface area contributed by atoms with Crippen LogP contribution in [0.2, 0.25) is 0 Å². The lowest BCUT2D eigenvalue weighted by Crippen LogP contribution is -2.28. The molecule has 142 valence electrons. The smallest absolute Gasteiger partial charge is 0.229 e. The maximum Gasteiger partial charge on any atom is 0.229 e. The second kappa shape index (κ2) is 7.61. The number of hydrogen-bond acceptors (Lipinski definition) is 4. The van der Waals surface area contributed by atoms with Gasteiger partial charge in [0.15, 0.2) is 11.5 Å². The largest absolute Gasteiger partial charge is 0.493 e. The molecular weight excluding hydrogens is 358 g/mol. The van der Waals surface area contributed by atoms with Crippen molar-refractivity contribution < 1.29 is 27.8 Å². The molecule has 1 heterocycles. The molecular formula is C19H18F2N2O4. The fourth-order valence-electron chi connectivity index (χ4n) is 2.97. The lowest BCUT2D eigenvalue weighted by atomic mass is 10.1. The Kier molecular flexibility index (Phi) is 5.25. The van der Waals surface area contributed by atoms with Gasteiger partial charge in [-0.2, -0.15) is 0 Å². The summed E-state index contributed by atoms with van der Waals surface area (Å²) in [6, 6.07) is 7.87. The highest BCUT2D eigenvalue weighted by Crippen LogP contribution is 2.31. The standard InChI is InChI=1S/C19H18F2N2O4/c1-26-16-6-4-13(9-17(16)27-2)22-19(25)11-7-18(24)23(10-11)15-5-3-12(20)8-14(15)21/h3-6,8-9,11H,7,10H2,1-2H3,(H,22,25). The van der Waals surface area contributed by atoms with Crippen molar-refractivity contribution in [1.82, 2.24) is 0 Å². The van der Waals surface area contributed by atoms with Crippen molar-refractivity contribution in [2.75, 3.05) is 31.0 Å². The summed E-state index contributed by atoms with van der Waals surface area (Å²) in [7, 11) is 2.98. The van der Waals surface area contributed by atoms with Gasteiger partial charge in [-0.15, -0.1) is 0 Å². The maximum absolute atomic E-state index is 13.9. The van der Waals surface area contributed by atoms with Crippen molar-refractivity contribution in [3.05, 3.63) is 48.0 Å². The highest BCUT2D eigenvalue weighted by atomic mass is 19.1. The van der Waals surface area contributed by atoms with E-state index in [1.807, 2.05) is 0 Å². The van der Waals surface area contributed by atoms with Crippen LogP contribution in [0.25, 0.3) is 0 Å². The molecule has 1 aliphatic rings. The molecule has 0 bridgehead atoms. The topological polar surface area (TPSA) is 67.9 Å².